The number of carbonyl (C=O) groups is 5. The van der Waals surface area contributed by atoms with Crippen LogP contribution in [0.5, 0.6) is 17.2 Å². The van der Waals surface area contributed by atoms with Crippen molar-refractivity contribution in [2.24, 2.45) is 42.1 Å². The van der Waals surface area contributed by atoms with Crippen molar-refractivity contribution in [1.29, 1.82) is 0 Å². The second-order valence-corrected chi connectivity index (χ2v) is 17.7. The topological polar surface area (TPSA) is 148 Å². The number of hydrogen-bond donors (Lipinski definition) is 1. The summed E-state index contributed by atoms with van der Waals surface area (Å²) in [7, 11) is 4.57. The summed E-state index contributed by atoms with van der Waals surface area (Å²) in [5, 5.41) is 17.1. The van der Waals surface area contributed by atoms with Gasteiger partial charge in [-0.15, -0.1) is 11.3 Å². The average Bonchev–Trinajstić information content (AvgIpc) is 3.90. The zero-order valence-electron chi connectivity index (χ0n) is 33.7. The first-order valence-corrected chi connectivity index (χ1v) is 20.8. The molecule has 12 nitrogen and oxygen atoms in total. The van der Waals surface area contributed by atoms with E-state index >= 15 is 4.79 Å². The normalized spacial score (nSPS) is 24.9. The minimum Gasteiger partial charge on any atom is -0.502 e. The smallest absolute Gasteiger partial charge is 0.242 e. The van der Waals surface area contributed by atoms with Crippen LogP contribution in [0.4, 0.5) is 11.5 Å². The number of aromatic hydroxyl groups is 1. The monoisotopic (exact) mass is 844 g/mol. The summed E-state index contributed by atoms with van der Waals surface area (Å²) in [5.41, 5.74) is 2.56. The van der Waals surface area contributed by atoms with Crippen molar-refractivity contribution in [2.45, 2.75) is 33.6 Å². The molecule has 6 atom stereocenters. The molecule has 4 amide bonds. The fourth-order valence-corrected chi connectivity index (χ4v) is 11.3. The van der Waals surface area contributed by atoms with Crippen LogP contribution in [0.3, 0.4) is 0 Å². The molecule has 2 saturated heterocycles. The Balaban J connectivity index is 1.14. The maximum absolute atomic E-state index is 15.2. The molecule has 6 unspecified atom stereocenters. The molecule has 9 rings (SSSR count). The summed E-state index contributed by atoms with van der Waals surface area (Å²) >= 11 is 7.89. The summed E-state index contributed by atoms with van der Waals surface area (Å²) in [5.74, 6) is -4.63. The fourth-order valence-electron chi connectivity index (χ4n) is 9.97. The second-order valence-electron chi connectivity index (χ2n) is 16.2. The van der Waals surface area contributed by atoms with Gasteiger partial charge in [0.15, 0.2) is 17.3 Å². The van der Waals surface area contributed by atoms with Crippen molar-refractivity contribution in [3.8, 4) is 27.8 Å². The quantitative estimate of drug-likeness (QED) is 0.0928. The van der Waals surface area contributed by atoms with E-state index in [9.17, 15) is 24.3 Å². The van der Waals surface area contributed by atoms with Gasteiger partial charge in [-0.2, -0.15) is 5.10 Å². The average molecular weight is 845 g/mol. The largest absolute Gasteiger partial charge is 0.502 e. The molecule has 306 valence electrons. The minimum atomic E-state index is -1.30. The maximum atomic E-state index is 15.2. The number of fused-ring (bicyclic) bond motifs is 5. The van der Waals surface area contributed by atoms with Gasteiger partial charge in [-0.25, -0.2) is 4.90 Å². The molecule has 4 aliphatic rings. The highest BCUT2D eigenvalue weighted by atomic mass is 35.5. The van der Waals surface area contributed by atoms with Crippen LogP contribution >= 0.6 is 22.9 Å². The number of allylic oxidation sites excluding steroid dienone is 3. The van der Waals surface area contributed by atoms with Crippen LogP contribution < -0.4 is 19.3 Å². The number of phenolic OH excluding ortho intramolecular Hbond substituents is 1. The lowest BCUT2D eigenvalue weighted by Gasteiger charge is -2.47. The number of nitrogens with zero attached hydrogens (tertiary/aromatic N) is 4. The van der Waals surface area contributed by atoms with Crippen LogP contribution in [0.25, 0.3) is 26.7 Å². The number of thiophene rings is 1. The molecule has 3 fully saturated rings. The second kappa shape index (κ2) is 14.3. The van der Waals surface area contributed by atoms with Crippen molar-refractivity contribution in [1.82, 2.24) is 9.78 Å². The molecule has 60 heavy (non-hydrogen) atoms. The summed E-state index contributed by atoms with van der Waals surface area (Å²) in [6, 6.07) is 17.2. The van der Waals surface area contributed by atoms with E-state index in [0.29, 0.717) is 33.3 Å². The first-order chi connectivity index (χ1) is 28.7. The number of rotatable bonds is 8. The Labute approximate surface area is 354 Å². The molecule has 2 aliphatic heterocycles. The van der Waals surface area contributed by atoms with Gasteiger partial charge in [0.2, 0.25) is 29.4 Å². The Morgan fingerprint density at radius 1 is 0.950 bits per heavy atom. The number of benzene rings is 3. The summed E-state index contributed by atoms with van der Waals surface area (Å²) < 4.78 is 13.4. The Bertz CT molecular complexity index is 2740. The Kier molecular flexibility index (Phi) is 9.40. The fraction of sp³-hybridized carbons (Fsp3) is 0.304. The first-order valence-electron chi connectivity index (χ1n) is 19.6. The van der Waals surface area contributed by atoms with Gasteiger partial charge in [0.1, 0.15) is 11.5 Å². The van der Waals surface area contributed by atoms with Crippen LogP contribution in [0, 0.1) is 41.9 Å². The molecule has 2 aromatic heterocycles. The molecule has 1 saturated carbocycles. The number of aromatic nitrogens is 2. The Hall–Kier alpha value is -6.05. The van der Waals surface area contributed by atoms with E-state index < -0.39 is 46.8 Å². The number of imide groups is 2. The maximum Gasteiger partial charge on any atom is 0.242 e. The number of phenols is 1. The summed E-state index contributed by atoms with van der Waals surface area (Å²) in [6.07, 6.45) is 6.10. The van der Waals surface area contributed by atoms with E-state index in [1.807, 2.05) is 44.2 Å². The highest BCUT2D eigenvalue weighted by Crippen LogP contribution is 2.61. The van der Waals surface area contributed by atoms with Crippen LogP contribution in [0.15, 0.2) is 78.4 Å². The Morgan fingerprint density at radius 2 is 1.65 bits per heavy atom. The van der Waals surface area contributed by atoms with Crippen molar-refractivity contribution in [2.75, 3.05) is 24.0 Å². The Morgan fingerprint density at radius 3 is 2.32 bits per heavy atom. The number of amides is 4. The summed E-state index contributed by atoms with van der Waals surface area (Å²) in [6.45, 7) is 5.26. The van der Waals surface area contributed by atoms with Crippen molar-refractivity contribution >= 4 is 80.0 Å². The molecule has 1 N–H and O–H groups in total. The predicted octanol–water partition coefficient (Wildman–Crippen LogP) is 8.17. The predicted molar refractivity (Wildman–Crippen MR) is 228 cm³/mol. The van der Waals surface area contributed by atoms with Crippen molar-refractivity contribution in [3.05, 3.63) is 100 Å². The molecule has 14 heteroatoms. The SMILES string of the molecule is COc1cc(C=CC2C3=CCC4C(=O)N(c5ccc(C(C)=O)cc5)C(=O)C4C3CC3C(=O)N(c4cc(-c5sc6ccc(Cl)cc6c5C)nn4C)C(=O)C23C)cc(OC)c1O. The minimum absolute atomic E-state index is 0.135. The van der Waals surface area contributed by atoms with Gasteiger partial charge < -0.3 is 14.6 Å². The molecule has 2 aliphatic carbocycles. The lowest BCUT2D eigenvalue weighted by Crippen LogP contribution is -2.49. The number of methoxy groups -OCH3 is 2. The number of hydrogen-bond acceptors (Lipinski definition) is 10. The number of aryl methyl sites for hydroxylation is 2. The van der Waals surface area contributed by atoms with Gasteiger partial charge in [-0.3, -0.25) is 33.6 Å². The zero-order chi connectivity index (χ0) is 42.5. The molecule has 3 aromatic carbocycles. The van der Waals surface area contributed by atoms with E-state index in [1.165, 1.54) is 30.9 Å². The number of halogens is 1. The van der Waals surface area contributed by atoms with Gasteiger partial charge in [0, 0.05) is 34.3 Å². The summed E-state index contributed by atoms with van der Waals surface area (Å²) in [4.78, 5) is 74.1. The molecule has 4 heterocycles. The van der Waals surface area contributed by atoms with E-state index in [4.69, 9.17) is 26.2 Å². The van der Waals surface area contributed by atoms with Crippen LogP contribution in [-0.2, 0) is 26.2 Å². The third kappa shape index (κ3) is 5.76. The van der Waals surface area contributed by atoms with E-state index in [2.05, 4.69) is 0 Å². The van der Waals surface area contributed by atoms with Crippen LogP contribution in [0.2, 0.25) is 5.02 Å². The third-order valence-electron chi connectivity index (χ3n) is 13.1. The number of Topliss-reactive ketones (excluding diaryl/α,β-unsaturated/α-hetero) is 1. The first kappa shape index (κ1) is 39.4. The lowest BCUT2D eigenvalue weighted by molar-refractivity contribution is -0.132. The van der Waals surface area contributed by atoms with Gasteiger partial charge in [0.25, 0.3) is 0 Å². The van der Waals surface area contributed by atoms with E-state index in [1.54, 1.807) is 71.6 Å². The van der Waals surface area contributed by atoms with Gasteiger partial charge in [0.05, 0.1) is 48.0 Å². The van der Waals surface area contributed by atoms with Crippen LogP contribution in [0.1, 0.15) is 48.2 Å². The van der Waals surface area contributed by atoms with Crippen molar-refractivity contribution in [3.63, 3.8) is 0 Å². The number of ether oxygens (including phenoxy) is 2. The lowest BCUT2D eigenvalue weighted by atomic mass is 9.52. The molecular weight excluding hydrogens is 804 g/mol. The molecule has 0 radical (unpaired) electrons. The molecular formula is C46H41ClN4O8S. The van der Waals surface area contributed by atoms with E-state index in [0.717, 1.165) is 26.1 Å². The number of carbonyl (C=O) groups excluding carboxylic acids is 5. The number of ketones is 1. The van der Waals surface area contributed by atoms with Crippen LogP contribution in [-0.4, -0.2) is 58.5 Å². The molecule has 0 bridgehead atoms. The molecule has 0 spiro atoms. The zero-order valence-corrected chi connectivity index (χ0v) is 35.3. The highest BCUT2D eigenvalue weighted by Gasteiger charge is 2.67. The van der Waals surface area contributed by atoms with Gasteiger partial charge >= 0.3 is 0 Å². The van der Waals surface area contributed by atoms with Gasteiger partial charge in [-0.1, -0.05) is 35.4 Å². The standard InChI is InChI=1S/C46H41ClN4O8S/c1-22-30-19-26(47)10-16-37(30)60-41(22)34-21-38(49(4)48-34)51-43(55)33-20-31-28(13-14-29-39(31)44(56)50(42(29)54)27-11-8-25(9-12-27)23(2)52)32(46(33,3)45(51)57)15-7-24-17-35(58-5)40(53)36(18-24)59-6/h7-13,15-19,21,29,31-33,39,53H,14,20H2,1-6H3. The van der Waals surface area contributed by atoms with E-state index in [-0.39, 0.29) is 47.7 Å². The van der Waals surface area contributed by atoms with Gasteiger partial charge in [-0.05, 0) is 111 Å². The third-order valence-corrected chi connectivity index (χ3v) is 14.6. The van der Waals surface area contributed by atoms with Crippen molar-refractivity contribution < 1.29 is 38.6 Å². The molecule has 5 aromatic rings. The number of anilines is 2. The highest BCUT2D eigenvalue weighted by molar-refractivity contribution is 7.22.